The van der Waals surface area contributed by atoms with Crippen molar-refractivity contribution < 1.29 is 10.2 Å². The van der Waals surface area contributed by atoms with Crippen molar-refractivity contribution in [3.63, 3.8) is 0 Å². The van der Waals surface area contributed by atoms with Gasteiger partial charge in [0.05, 0.1) is 12.2 Å². The fourth-order valence-corrected chi connectivity index (χ4v) is 7.38. The highest BCUT2D eigenvalue weighted by Gasteiger charge is 2.96. The molecule has 0 aromatic carbocycles. The molecule has 5 saturated carbocycles. The second-order valence-corrected chi connectivity index (χ2v) is 8.24. The van der Waals surface area contributed by atoms with Crippen molar-refractivity contribution in [2.75, 3.05) is 0 Å². The molecule has 2 nitrogen and oxygen atoms in total. The first kappa shape index (κ1) is 10.8. The summed E-state index contributed by atoms with van der Waals surface area (Å²) in [5.41, 5.74) is 0.0329. The van der Waals surface area contributed by atoms with Gasteiger partial charge in [0.2, 0.25) is 0 Å². The van der Waals surface area contributed by atoms with Crippen LogP contribution in [0.1, 0.15) is 47.0 Å². The van der Waals surface area contributed by atoms with Gasteiger partial charge in [-0.2, -0.15) is 0 Å². The van der Waals surface area contributed by atoms with Gasteiger partial charge in [-0.3, -0.25) is 0 Å². The molecule has 5 rings (SSSR count). The van der Waals surface area contributed by atoms with E-state index in [1.165, 1.54) is 12.8 Å². The summed E-state index contributed by atoms with van der Waals surface area (Å²) in [6.45, 7) is 9.11. The molecule has 96 valence electrons. The van der Waals surface area contributed by atoms with Crippen LogP contribution >= 0.6 is 0 Å². The average molecular weight is 236 g/mol. The Kier molecular flexibility index (Phi) is 1.49. The quantitative estimate of drug-likeness (QED) is 0.677. The number of aliphatic hydroxyl groups excluding tert-OH is 2. The van der Waals surface area contributed by atoms with Crippen molar-refractivity contribution in [2.45, 2.75) is 59.2 Å². The summed E-state index contributed by atoms with van der Waals surface area (Å²) in [7, 11) is 0. The van der Waals surface area contributed by atoms with Gasteiger partial charge in [0.25, 0.3) is 0 Å². The Bertz CT molecular complexity index is 417. The third kappa shape index (κ3) is 0.669. The minimum absolute atomic E-state index is 0.0236. The third-order valence-corrected chi connectivity index (χ3v) is 7.71. The van der Waals surface area contributed by atoms with Crippen LogP contribution in [0.25, 0.3) is 0 Å². The summed E-state index contributed by atoms with van der Waals surface area (Å²) in [5.74, 6) is 0.944. The van der Waals surface area contributed by atoms with Crippen molar-refractivity contribution in [3.8, 4) is 0 Å². The molecule has 1 spiro atoms. The Hall–Kier alpha value is -0.0800. The molecule has 4 bridgehead atoms. The smallest absolute Gasteiger partial charge is 0.0692 e. The summed E-state index contributed by atoms with van der Waals surface area (Å²) >= 11 is 0. The normalized spacial score (nSPS) is 70.2. The Morgan fingerprint density at radius 1 is 1.00 bits per heavy atom. The molecule has 0 radical (unpaired) electrons. The molecule has 0 aromatic rings. The second kappa shape index (κ2) is 2.34. The predicted molar refractivity (Wildman–Crippen MR) is 65.3 cm³/mol. The molecule has 17 heavy (non-hydrogen) atoms. The minimum Gasteiger partial charge on any atom is -0.392 e. The van der Waals surface area contributed by atoms with Crippen molar-refractivity contribution in [3.05, 3.63) is 0 Å². The van der Waals surface area contributed by atoms with Crippen LogP contribution in [0.2, 0.25) is 0 Å². The summed E-state index contributed by atoms with van der Waals surface area (Å²) in [5, 5.41) is 21.7. The van der Waals surface area contributed by atoms with E-state index in [0.717, 1.165) is 6.42 Å². The SMILES string of the molecule is CC1(C)CCC[C@]2(C)[C@H]3[C@H]4[C@@H](O)[C@@]12[C@@H](O)[C@]43C. The second-order valence-electron chi connectivity index (χ2n) is 8.24. The van der Waals surface area contributed by atoms with Crippen molar-refractivity contribution in [2.24, 2.45) is 33.5 Å². The lowest BCUT2D eigenvalue weighted by Gasteiger charge is -2.58. The summed E-state index contributed by atoms with van der Waals surface area (Å²) < 4.78 is 0. The van der Waals surface area contributed by atoms with Crippen LogP contribution in [-0.2, 0) is 0 Å². The molecular formula is C15H24O2. The fourth-order valence-electron chi connectivity index (χ4n) is 7.38. The number of hydrogen-bond donors (Lipinski definition) is 2. The van der Waals surface area contributed by atoms with Gasteiger partial charge in [-0.1, -0.05) is 34.1 Å². The van der Waals surface area contributed by atoms with Crippen molar-refractivity contribution >= 4 is 0 Å². The Morgan fingerprint density at radius 3 is 2.12 bits per heavy atom. The van der Waals surface area contributed by atoms with Gasteiger partial charge in [-0.15, -0.1) is 0 Å². The molecule has 7 atom stereocenters. The first-order valence-corrected chi connectivity index (χ1v) is 7.12. The average Bonchev–Trinajstić information content (AvgIpc) is 2.66. The van der Waals surface area contributed by atoms with Crippen LogP contribution in [0.4, 0.5) is 0 Å². The van der Waals surface area contributed by atoms with Gasteiger partial charge < -0.3 is 10.2 Å². The van der Waals surface area contributed by atoms with Crippen LogP contribution in [0.15, 0.2) is 0 Å². The van der Waals surface area contributed by atoms with Gasteiger partial charge in [-0.25, -0.2) is 0 Å². The molecule has 5 fully saturated rings. The van der Waals surface area contributed by atoms with Crippen molar-refractivity contribution in [1.82, 2.24) is 0 Å². The van der Waals surface area contributed by atoms with Crippen LogP contribution in [-0.4, -0.2) is 22.4 Å². The molecule has 5 aliphatic rings. The van der Waals surface area contributed by atoms with Gasteiger partial charge in [-0.05, 0) is 35.5 Å². The van der Waals surface area contributed by atoms with E-state index in [1.807, 2.05) is 0 Å². The lowest BCUT2D eigenvalue weighted by Crippen LogP contribution is -2.58. The number of rotatable bonds is 0. The molecule has 0 heterocycles. The van der Waals surface area contributed by atoms with E-state index in [9.17, 15) is 10.2 Å². The molecule has 2 N–H and O–H groups in total. The molecular weight excluding hydrogens is 212 g/mol. The van der Waals surface area contributed by atoms with Crippen LogP contribution in [0.5, 0.6) is 0 Å². The maximum atomic E-state index is 10.9. The highest BCUT2D eigenvalue weighted by atomic mass is 16.3. The highest BCUT2D eigenvalue weighted by Crippen LogP contribution is 2.94. The minimum atomic E-state index is -0.291. The maximum Gasteiger partial charge on any atom is 0.0692 e. The van der Waals surface area contributed by atoms with Gasteiger partial charge >= 0.3 is 0 Å². The standard InChI is InChI=1S/C15H24O2/c1-12(2)6-5-7-13(3)9-8-10(16)15(12,13)11(17)14(8,9)4/h8-11,16-17H,5-7H2,1-4H3/t8-,9+,10+,11-,13+,14+,15+/m0/s1. The zero-order valence-electron chi connectivity index (χ0n) is 11.3. The maximum absolute atomic E-state index is 10.9. The molecule has 0 aromatic heterocycles. The van der Waals surface area contributed by atoms with Crippen LogP contribution < -0.4 is 0 Å². The number of hydrogen-bond acceptors (Lipinski definition) is 2. The largest absolute Gasteiger partial charge is 0.392 e. The van der Waals surface area contributed by atoms with Crippen molar-refractivity contribution in [1.29, 1.82) is 0 Å². The first-order chi connectivity index (χ1) is 7.76. The van der Waals surface area contributed by atoms with Crippen LogP contribution in [0.3, 0.4) is 0 Å². The van der Waals surface area contributed by atoms with E-state index in [1.54, 1.807) is 0 Å². The molecule has 0 aliphatic heterocycles. The summed E-state index contributed by atoms with van der Waals surface area (Å²) in [6.07, 6.45) is 3.03. The van der Waals surface area contributed by atoms with E-state index in [2.05, 4.69) is 27.7 Å². The molecule has 0 saturated heterocycles. The van der Waals surface area contributed by atoms with Crippen LogP contribution in [0, 0.1) is 33.5 Å². The van der Waals surface area contributed by atoms with E-state index < -0.39 is 0 Å². The zero-order chi connectivity index (χ0) is 12.4. The molecule has 0 unspecified atom stereocenters. The third-order valence-electron chi connectivity index (χ3n) is 7.71. The van der Waals surface area contributed by atoms with Gasteiger partial charge in [0, 0.05) is 10.8 Å². The van der Waals surface area contributed by atoms with E-state index in [-0.39, 0.29) is 33.9 Å². The topological polar surface area (TPSA) is 40.5 Å². The predicted octanol–water partition coefficient (Wildman–Crippen LogP) is 2.19. The monoisotopic (exact) mass is 236 g/mol. The van der Waals surface area contributed by atoms with E-state index in [0.29, 0.717) is 11.8 Å². The highest BCUT2D eigenvalue weighted by molar-refractivity contribution is 5.43. The van der Waals surface area contributed by atoms with Gasteiger partial charge in [0.15, 0.2) is 0 Å². The Labute approximate surface area is 103 Å². The van der Waals surface area contributed by atoms with E-state index >= 15 is 0 Å². The Morgan fingerprint density at radius 2 is 1.65 bits per heavy atom. The molecule has 2 heteroatoms. The summed E-state index contributed by atoms with van der Waals surface area (Å²) in [6, 6.07) is 0. The van der Waals surface area contributed by atoms with E-state index in [4.69, 9.17) is 0 Å². The fraction of sp³-hybridized carbons (Fsp3) is 1.00. The number of aliphatic hydroxyl groups is 2. The zero-order valence-corrected chi connectivity index (χ0v) is 11.3. The lowest BCUT2D eigenvalue weighted by atomic mass is 9.47. The Balaban J connectivity index is 2.00. The lowest BCUT2D eigenvalue weighted by molar-refractivity contribution is -0.172. The molecule has 0 amide bonds. The first-order valence-electron chi connectivity index (χ1n) is 7.12. The summed E-state index contributed by atoms with van der Waals surface area (Å²) in [4.78, 5) is 0. The van der Waals surface area contributed by atoms with Gasteiger partial charge in [0.1, 0.15) is 0 Å². The molecule has 5 aliphatic carbocycles.